The first-order chi connectivity index (χ1) is 13.5. The monoisotopic (exact) mass is 433 g/mol. The number of hydrogen-bond acceptors (Lipinski definition) is 3. The Kier molecular flexibility index (Phi) is 6.56. The molecule has 0 amide bonds. The Labute approximate surface area is 173 Å². The lowest BCUT2D eigenvalue weighted by Crippen LogP contribution is -2.03. The van der Waals surface area contributed by atoms with Crippen LogP contribution in [0.2, 0.25) is 0 Å². The zero-order valence-electron chi connectivity index (χ0n) is 15.7. The summed E-state index contributed by atoms with van der Waals surface area (Å²) in [6.45, 7) is 4.13. The van der Waals surface area contributed by atoms with Gasteiger partial charge in [0.15, 0.2) is 0 Å². The molecule has 0 atom stereocenters. The van der Waals surface area contributed by atoms with Gasteiger partial charge in [-0.05, 0) is 84.6 Å². The van der Waals surface area contributed by atoms with E-state index >= 15 is 0 Å². The number of hydrogen-bond donors (Lipinski definition) is 0. The van der Waals surface area contributed by atoms with Crippen molar-refractivity contribution in [2.45, 2.75) is 13.8 Å². The summed E-state index contributed by atoms with van der Waals surface area (Å²) in [6.07, 6.45) is 4.94. The second kappa shape index (κ2) is 9.29. The van der Waals surface area contributed by atoms with Gasteiger partial charge in [0, 0.05) is 16.8 Å². The first-order valence-corrected chi connectivity index (χ1v) is 9.66. The number of carbonyl (C=O) groups is 1. The van der Waals surface area contributed by atoms with Crippen molar-refractivity contribution < 1.29 is 9.53 Å². The predicted octanol–water partition coefficient (Wildman–Crippen LogP) is 6.44. The highest BCUT2D eigenvalue weighted by Gasteiger charge is 2.01. The van der Waals surface area contributed by atoms with E-state index in [1.54, 1.807) is 24.4 Å². The van der Waals surface area contributed by atoms with Gasteiger partial charge in [0.2, 0.25) is 0 Å². The summed E-state index contributed by atoms with van der Waals surface area (Å²) < 4.78 is 6.33. The van der Waals surface area contributed by atoms with Crippen LogP contribution in [0.5, 0.6) is 5.75 Å². The Balaban J connectivity index is 1.61. The minimum absolute atomic E-state index is 0.417. The molecule has 4 heteroatoms. The highest BCUT2D eigenvalue weighted by molar-refractivity contribution is 9.10. The number of nitrogens with zero attached hydrogens (tertiary/aromatic N) is 1. The number of benzene rings is 3. The van der Waals surface area contributed by atoms with E-state index in [0.717, 1.165) is 21.3 Å². The molecule has 0 aliphatic heterocycles. The molecule has 0 bridgehead atoms. The summed E-state index contributed by atoms with van der Waals surface area (Å²) in [6, 6.07) is 21.0. The van der Waals surface area contributed by atoms with E-state index < -0.39 is 5.97 Å². The van der Waals surface area contributed by atoms with Crippen LogP contribution < -0.4 is 4.74 Å². The van der Waals surface area contributed by atoms with Crippen LogP contribution in [-0.2, 0) is 4.79 Å². The van der Waals surface area contributed by atoms with Gasteiger partial charge in [-0.3, -0.25) is 4.99 Å². The van der Waals surface area contributed by atoms with E-state index in [-0.39, 0.29) is 0 Å². The topological polar surface area (TPSA) is 38.7 Å². The normalized spacial score (nSPS) is 11.2. The molecule has 3 aromatic carbocycles. The van der Waals surface area contributed by atoms with Gasteiger partial charge in [-0.15, -0.1) is 0 Å². The van der Waals surface area contributed by atoms with Gasteiger partial charge in [0.1, 0.15) is 5.75 Å². The molecule has 0 saturated heterocycles. The van der Waals surface area contributed by atoms with E-state index in [2.05, 4.69) is 40.8 Å². The molecule has 3 nitrogen and oxygen atoms in total. The third-order valence-corrected chi connectivity index (χ3v) is 4.84. The number of aryl methyl sites for hydroxylation is 1. The maximum atomic E-state index is 12.0. The van der Waals surface area contributed by atoms with Crippen LogP contribution in [0.15, 0.2) is 82.3 Å². The summed E-state index contributed by atoms with van der Waals surface area (Å²) in [5.41, 5.74) is 5.20. The zero-order chi connectivity index (χ0) is 19.9. The van der Waals surface area contributed by atoms with Crippen molar-refractivity contribution in [2.24, 2.45) is 4.99 Å². The minimum atomic E-state index is -0.417. The quantitative estimate of drug-likeness (QED) is 0.201. The largest absolute Gasteiger partial charge is 0.423 e. The van der Waals surface area contributed by atoms with Crippen LogP contribution in [0.3, 0.4) is 0 Å². The van der Waals surface area contributed by atoms with Crippen LogP contribution >= 0.6 is 15.9 Å². The van der Waals surface area contributed by atoms with E-state index in [0.29, 0.717) is 5.75 Å². The highest BCUT2D eigenvalue weighted by atomic mass is 79.9. The van der Waals surface area contributed by atoms with Crippen molar-refractivity contribution in [1.29, 1.82) is 0 Å². The van der Waals surface area contributed by atoms with E-state index in [9.17, 15) is 4.79 Å². The second-order valence-corrected chi connectivity index (χ2v) is 7.27. The standard InChI is InChI=1S/C24H20BrNO2/c1-17-4-3-5-23(18(17)2)26-16-20-8-13-22(14-9-20)28-24(27)15-10-19-6-11-21(25)12-7-19/h3-16H,1-2H3/b15-10+,26-16?. The Hall–Kier alpha value is -2.98. The van der Waals surface area contributed by atoms with E-state index in [4.69, 9.17) is 4.74 Å². The van der Waals surface area contributed by atoms with Crippen molar-refractivity contribution in [2.75, 3.05) is 0 Å². The fraction of sp³-hybridized carbons (Fsp3) is 0.0833. The maximum absolute atomic E-state index is 12.0. The highest BCUT2D eigenvalue weighted by Crippen LogP contribution is 2.21. The third kappa shape index (κ3) is 5.51. The fourth-order valence-electron chi connectivity index (χ4n) is 2.53. The number of halogens is 1. The molecule has 0 heterocycles. The molecule has 0 N–H and O–H groups in total. The molecule has 140 valence electrons. The molecule has 0 unspecified atom stereocenters. The number of aliphatic imine (C=N–C) groups is 1. The number of carbonyl (C=O) groups excluding carboxylic acids is 1. The Morgan fingerprint density at radius 1 is 0.929 bits per heavy atom. The zero-order valence-corrected chi connectivity index (χ0v) is 17.3. The van der Waals surface area contributed by atoms with Gasteiger partial charge >= 0.3 is 5.97 Å². The van der Waals surface area contributed by atoms with Crippen molar-refractivity contribution in [3.8, 4) is 5.75 Å². The van der Waals surface area contributed by atoms with Crippen LogP contribution in [0.25, 0.3) is 6.08 Å². The molecule has 3 aromatic rings. The van der Waals surface area contributed by atoms with Crippen molar-refractivity contribution in [3.05, 3.63) is 99.5 Å². The molecule has 0 aromatic heterocycles. The summed E-state index contributed by atoms with van der Waals surface area (Å²) >= 11 is 3.38. The van der Waals surface area contributed by atoms with Gasteiger partial charge in [-0.1, -0.05) is 40.2 Å². The van der Waals surface area contributed by atoms with Gasteiger partial charge in [-0.25, -0.2) is 4.79 Å². The molecule has 0 aliphatic carbocycles. The first kappa shape index (κ1) is 19.8. The van der Waals surface area contributed by atoms with E-state index in [1.807, 2.05) is 48.5 Å². The molecule has 0 spiro atoms. The predicted molar refractivity (Wildman–Crippen MR) is 118 cm³/mol. The van der Waals surface area contributed by atoms with Crippen LogP contribution in [0.1, 0.15) is 22.3 Å². The first-order valence-electron chi connectivity index (χ1n) is 8.87. The molecule has 0 aliphatic rings. The smallest absolute Gasteiger partial charge is 0.336 e. The molecule has 3 rings (SSSR count). The Bertz CT molecular complexity index is 1020. The molecular formula is C24H20BrNO2. The third-order valence-electron chi connectivity index (χ3n) is 4.31. The van der Waals surface area contributed by atoms with Crippen molar-refractivity contribution >= 4 is 39.9 Å². The van der Waals surface area contributed by atoms with Crippen molar-refractivity contribution in [3.63, 3.8) is 0 Å². The average Bonchev–Trinajstić information content (AvgIpc) is 2.70. The Morgan fingerprint density at radius 3 is 2.32 bits per heavy atom. The summed E-state index contributed by atoms with van der Waals surface area (Å²) in [7, 11) is 0. The second-order valence-electron chi connectivity index (χ2n) is 6.35. The number of ether oxygens (including phenoxy) is 1. The summed E-state index contributed by atoms with van der Waals surface area (Å²) in [4.78, 5) is 16.5. The van der Waals surface area contributed by atoms with Crippen LogP contribution in [0, 0.1) is 13.8 Å². The average molecular weight is 434 g/mol. The van der Waals surface area contributed by atoms with Gasteiger partial charge < -0.3 is 4.74 Å². The number of esters is 1. The van der Waals surface area contributed by atoms with Gasteiger partial charge in [0.05, 0.1) is 5.69 Å². The molecule has 28 heavy (non-hydrogen) atoms. The van der Waals surface area contributed by atoms with Gasteiger partial charge in [-0.2, -0.15) is 0 Å². The summed E-state index contributed by atoms with van der Waals surface area (Å²) in [5.74, 6) is 0.0778. The Morgan fingerprint density at radius 2 is 1.61 bits per heavy atom. The lowest BCUT2D eigenvalue weighted by atomic mass is 10.1. The maximum Gasteiger partial charge on any atom is 0.336 e. The fourth-order valence-corrected chi connectivity index (χ4v) is 2.79. The lowest BCUT2D eigenvalue weighted by Gasteiger charge is -2.04. The number of rotatable bonds is 5. The van der Waals surface area contributed by atoms with Crippen LogP contribution in [0.4, 0.5) is 5.69 Å². The molecule has 0 fully saturated rings. The van der Waals surface area contributed by atoms with Gasteiger partial charge in [0.25, 0.3) is 0 Å². The molecule has 0 saturated carbocycles. The molecular weight excluding hydrogens is 414 g/mol. The summed E-state index contributed by atoms with van der Waals surface area (Å²) in [5, 5.41) is 0. The minimum Gasteiger partial charge on any atom is -0.423 e. The SMILES string of the molecule is Cc1cccc(N=Cc2ccc(OC(=O)/C=C/c3ccc(Br)cc3)cc2)c1C. The lowest BCUT2D eigenvalue weighted by molar-refractivity contribution is -0.128. The van der Waals surface area contributed by atoms with Crippen molar-refractivity contribution in [1.82, 2.24) is 0 Å². The molecule has 0 radical (unpaired) electrons. The van der Waals surface area contributed by atoms with E-state index in [1.165, 1.54) is 17.2 Å². The van der Waals surface area contributed by atoms with Crippen LogP contribution in [-0.4, -0.2) is 12.2 Å².